The third-order valence-corrected chi connectivity index (χ3v) is 6.33. The smallest absolute Gasteiger partial charge is 0.227 e. The van der Waals surface area contributed by atoms with E-state index in [0.29, 0.717) is 24.3 Å². The van der Waals surface area contributed by atoms with Crippen molar-refractivity contribution >= 4 is 5.91 Å². The third kappa shape index (κ3) is 5.23. The van der Waals surface area contributed by atoms with Crippen molar-refractivity contribution in [2.45, 2.75) is 51.7 Å². The van der Waals surface area contributed by atoms with Crippen molar-refractivity contribution in [3.8, 4) is 0 Å². The Kier molecular flexibility index (Phi) is 6.74. The number of pyridine rings is 1. The molecule has 0 saturated carbocycles. The van der Waals surface area contributed by atoms with Crippen molar-refractivity contribution in [1.29, 1.82) is 0 Å². The molecule has 0 bridgehead atoms. The first-order valence-corrected chi connectivity index (χ1v) is 11.0. The van der Waals surface area contributed by atoms with E-state index in [2.05, 4.69) is 31.0 Å². The maximum absolute atomic E-state index is 13.0. The molecular weight excluding hydrogens is 380 g/mol. The molecule has 162 valence electrons. The van der Waals surface area contributed by atoms with Crippen molar-refractivity contribution in [3.63, 3.8) is 0 Å². The fourth-order valence-corrected chi connectivity index (χ4v) is 4.74. The molecule has 0 radical (unpaired) electrons. The number of amides is 1. The quantitative estimate of drug-likeness (QED) is 0.719. The lowest BCUT2D eigenvalue weighted by Gasteiger charge is -2.42. The Labute approximate surface area is 178 Å². The van der Waals surface area contributed by atoms with E-state index in [4.69, 9.17) is 4.52 Å². The van der Waals surface area contributed by atoms with Gasteiger partial charge in [-0.2, -0.15) is 4.98 Å². The number of carbonyl (C=O) groups is 1. The summed E-state index contributed by atoms with van der Waals surface area (Å²) >= 11 is 0. The van der Waals surface area contributed by atoms with E-state index in [9.17, 15) is 4.79 Å². The summed E-state index contributed by atoms with van der Waals surface area (Å²) in [6.45, 7) is 7.31. The van der Waals surface area contributed by atoms with Gasteiger partial charge in [0.25, 0.3) is 0 Å². The molecular formula is C22H32N6O2. The Morgan fingerprint density at radius 1 is 1.27 bits per heavy atom. The Morgan fingerprint density at radius 2 is 2.10 bits per heavy atom. The predicted octanol–water partition coefficient (Wildman–Crippen LogP) is 2.11. The minimum absolute atomic E-state index is 0.0603. The molecule has 0 aliphatic carbocycles. The van der Waals surface area contributed by atoms with E-state index >= 15 is 0 Å². The minimum Gasteiger partial charge on any atom is -0.340 e. The molecule has 2 fully saturated rings. The van der Waals surface area contributed by atoms with Gasteiger partial charge in [-0.25, -0.2) is 0 Å². The first-order chi connectivity index (χ1) is 14.6. The Morgan fingerprint density at radius 3 is 2.80 bits per heavy atom. The first-order valence-electron chi connectivity index (χ1n) is 11.0. The minimum atomic E-state index is 0.0603. The highest BCUT2D eigenvalue weighted by atomic mass is 16.5. The Hall–Kier alpha value is -2.32. The number of rotatable bonds is 6. The second-order valence-corrected chi connectivity index (χ2v) is 8.63. The van der Waals surface area contributed by atoms with Crippen molar-refractivity contribution in [1.82, 2.24) is 29.8 Å². The summed E-state index contributed by atoms with van der Waals surface area (Å²) < 4.78 is 5.02. The van der Waals surface area contributed by atoms with Crippen LogP contribution in [0.1, 0.15) is 43.0 Å². The van der Waals surface area contributed by atoms with Crippen molar-refractivity contribution in [2.24, 2.45) is 5.92 Å². The first kappa shape index (κ1) is 20.9. The monoisotopic (exact) mass is 412 g/mol. The van der Waals surface area contributed by atoms with Crippen LogP contribution in [0, 0.1) is 12.8 Å². The van der Waals surface area contributed by atoms with Crippen molar-refractivity contribution < 1.29 is 9.32 Å². The van der Waals surface area contributed by atoms with E-state index in [1.54, 1.807) is 11.8 Å². The lowest BCUT2D eigenvalue weighted by Crippen LogP contribution is -2.50. The summed E-state index contributed by atoms with van der Waals surface area (Å²) in [5.41, 5.74) is 1.28. The van der Waals surface area contributed by atoms with Crippen molar-refractivity contribution in [2.75, 3.05) is 33.2 Å². The van der Waals surface area contributed by atoms with E-state index in [1.807, 2.05) is 25.5 Å². The number of aromatic nitrogens is 3. The number of hydrogen-bond acceptors (Lipinski definition) is 7. The van der Waals surface area contributed by atoms with Crippen LogP contribution in [0.15, 0.2) is 29.0 Å². The van der Waals surface area contributed by atoms with Crippen LogP contribution < -0.4 is 0 Å². The Bertz CT molecular complexity index is 818. The van der Waals surface area contributed by atoms with Gasteiger partial charge in [-0.3, -0.25) is 19.6 Å². The Balaban J connectivity index is 1.26. The average Bonchev–Trinajstić information content (AvgIpc) is 3.19. The highest BCUT2D eigenvalue weighted by Gasteiger charge is 2.33. The van der Waals surface area contributed by atoms with Crippen LogP contribution in [0.4, 0.5) is 0 Å². The molecule has 2 aromatic rings. The number of hydrogen-bond donors (Lipinski definition) is 0. The largest absolute Gasteiger partial charge is 0.340 e. The molecule has 2 aromatic heterocycles. The highest BCUT2D eigenvalue weighted by molar-refractivity contribution is 5.78. The van der Waals surface area contributed by atoms with Gasteiger partial charge in [-0.1, -0.05) is 11.2 Å². The molecule has 1 atom stereocenters. The number of aryl methyl sites for hydroxylation is 1. The average molecular weight is 413 g/mol. The van der Waals surface area contributed by atoms with Gasteiger partial charge in [-0.05, 0) is 56.9 Å². The van der Waals surface area contributed by atoms with Gasteiger partial charge in [0.15, 0.2) is 5.82 Å². The molecule has 0 N–H and O–H groups in total. The maximum atomic E-state index is 13.0. The molecule has 2 aliphatic heterocycles. The fourth-order valence-electron chi connectivity index (χ4n) is 4.74. The van der Waals surface area contributed by atoms with Gasteiger partial charge in [-0.15, -0.1) is 0 Å². The molecule has 0 unspecified atom stereocenters. The van der Waals surface area contributed by atoms with Crippen LogP contribution in [-0.2, 0) is 17.9 Å². The van der Waals surface area contributed by atoms with Crippen LogP contribution in [0.25, 0.3) is 0 Å². The summed E-state index contributed by atoms with van der Waals surface area (Å²) in [6.07, 6.45) is 8.16. The summed E-state index contributed by atoms with van der Waals surface area (Å²) in [5, 5.41) is 3.91. The van der Waals surface area contributed by atoms with Gasteiger partial charge < -0.3 is 9.42 Å². The second kappa shape index (κ2) is 9.66. The third-order valence-electron chi connectivity index (χ3n) is 6.33. The van der Waals surface area contributed by atoms with Crippen molar-refractivity contribution in [3.05, 3.63) is 41.8 Å². The van der Waals surface area contributed by atoms with E-state index in [0.717, 1.165) is 45.6 Å². The maximum Gasteiger partial charge on any atom is 0.227 e. The normalized spacial score (nSPS) is 21.6. The van der Waals surface area contributed by atoms with E-state index < -0.39 is 0 Å². The van der Waals surface area contributed by atoms with Gasteiger partial charge >= 0.3 is 0 Å². The molecule has 2 saturated heterocycles. The fraction of sp³-hybridized carbons (Fsp3) is 0.636. The lowest BCUT2D eigenvalue weighted by molar-refractivity contribution is -0.137. The molecule has 0 spiro atoms. The van der Waals surface area contributed by atoms with Gasteiger partial charge in [0.05, 0.1) is 12.5 Å². The molecule has 30 heavy (non-hydrogen) atoms. The highest BCUT2D eigenvalue weighted by Crippen LogP contribution is 2.25. The number of carbonyl (C=O) groups excluding carboxylic acids is 1. The van der Waals surface area contributed by atoms with E-state index in [-0.39, 0.29) is 11.8 Å². The molecule has 8 nitrogen and oxygen atoms in total. The number of piperidine rings is 2. The van der Waals surface area contributed by atoms with Crippen LogP contribution in [-0.4, -0.2) is 75.0 Å². The van der Waals surface area contributed by atoms with Crippen LogP contribution >= 0.6 is 0 Å². The molecule has 8 heteroatoms. The van der Waals surface area contributed by atoms with Gasteiger partial charge in [0, 0.05) is 45.5 Å². The van der Waals surface area contributed by atoms with Crippen LogP contribution in [0.5, 0.6) is 0 Å². The standard InChI is InChI=1S/C22H32N6O2/c1-17-24-21(25-30-17)16-26(2)22(29)19-6-4-10-28(15-19)20-7-11-27(12-8-20)14-18-5-3-9-23-13-18/h3,5,9,13,19-20H,4,6-8,10-12,14-16H2,1-2H3/t19-/m1/s1. The predicted molar refractivity (Wildman–Crippen MR) is 112 cm³/mol. The SMILES string of the molecule is Cc1nc(CN(C)C(=O)[C@@H]2CCCN(C3CCN(Cc4cccnc4)CC3)C2)no1. The molecule has 4 rings (SSSR count). The second-order valence-electron chi connectivity index (χ2n) is 8.63. The molecule has 2 aliphatic rings. The zero-order valence-electron chi connectivity index (χ0n) is 18.0. The van der Waals surface area contributed by atoms with E-state index in [1.165, 1.54) is 18.4 Å². The zero-order valence-corrected chi connectivity index (χ0v) is 18.0. The number of likely N-dealkylation sites (tertiary alicyclic amines) is 2. The van der Waals surface area contributed by atoms with Crippen LogP contribution in [0.2, 0.25) is 0 Å². The zero-order chi connectivity index (χ0) is 20.9. The van der Waals surface area contributed by atoms with Gasteiger partial charge in [0.2, 0.25) is 11.8 Å². The molecule has 0 aromatic carbocycles. The molecule has 4 heterocycles. The van der Waals surface area contributed by atoms with Gasteiger partial charge in [0.1, 0.15) is 0 Å². The van der Waals surface area contributed by atoms with Crippen LogP contribution in [0.3, 0.4) is 0 Å². The summed E-state index contributed by atoms with van der Waals surface area (Å²) in [6, 6.07) is 4.73. The summed E-state index contributed by atoms with van der Waals surface area (Å²) in [7, 11) is 1.84. The molecule has 1 amide bonds. The number of nitrogens with zero attached hydrogens (tertiary/aromatic N) is 6. The topological polar surface area (TPSA) is 78.6 Å². The summed E-state index contributed by atoms with van der Waals surface area (Å²) in [5.74, 6) is 1.35. The summed E-state index contributed by atoms with van der Waals surface area (Å²) in [4.78, 5) is 28.2. The lowest BCUT2D eigenvalue weighted by atomic mass is 9.93.